The van der Waals surface area contributed by atoms with Crippen molar-refractivity contribution < 1.29 is 9.90 Å². The summed E-state index contributed by atoms with van der Waals surface area (Å²) < 4.78 is 1.78. The van der Waals surface area contributed by atoms with Crippen molar-refractivity contribution in [3.8, 4) is 17.3 Å². The molecule has 20 heavy (non-hydrogen) atoms. The summed E-state index contributed by atoms with van der Waals surface area (Å²) in [5.74, 6) is -0.869. The van der Waals surface area contributed by atoms with Crippen LogP contribution >= 0.6 is 11.3 Å². The highest BCUT2D eigenvalue weighted by molar-refractivity contribution is 7.15. The zero-order valence-electron chi connectivity index (χ0n) is 10.3. The summed E-state index contributed by atoms with van der Waals surface area (Å²) in [6.45, 7) is 0. The number of nitriles is 1. The van der Waals surface area contributed by atoms with Gasteiger partial charge in [0.05, 0.1) is 23.7 Å². The van der Waals surface area contributed by atoms with Gasteiger partial charge in [0.1, 0.15) is 0 Å². The maximum atomic E-state index is 10.8. The first-order chi connectivity index (χ1) is 9.67. The van der Waals surface area contributed by atoms with E-state index >= 15 is 0 Å². The Labute approximate surface area is 118 Å². The number of hydrogen-bond acceptors (Lipinski definition) is 4. The van der Waals surface area contributed by atoms with Crippen LogP contribution in [0.15, 0.2) is 35.8 Å². The lowest BCUT2D eigenvalue weighted by molar-refractivity contribution is -0.136. The van der Waals surface area contributed by atoms with E-state index in [0.29, 0.717) is 11.3 Å². The van der Waals surface area contributed by atoms with E-state index in [9.17, 15) is 4.79 Å². The smallest absolute Gasteiger partial charge is 0.309 e. The zero-order chi connectivity index (χ0) is 14.1. The molecule has 0 unspecified atom stereocenters. The van der Waals surface area contributed by atoms with Gasteiger partial charge in [-0.2, -0.15) is 5.26 Å². The Morgan fingerprint density at radius 1 is 1.50 bits per heavy atom. The van der Waals surface area contributed by atoms with Gasteiger partial charge >= 0.3 is 5.97 Å². The highest BCUT2D eigenvalue weighted by Crippen LogP contribution is 2.24. The molecule has 0 fully saturated rings. The molecule has 0 spiro atoms. The summed E-state index contributed by atoms with van der Waals surface area (Å²) >= 11 is 1.40. The number of benzene rings is 1. The summed E-state index contributed by atoms with van der Waals surface area (Å²) in [4.78, 5) is 16.0. The third-order valence-corrected chi connectivity index (χ3v) is 3.79. The van der Waals surface area contributed by atoms with Crippen LogP contribution in [0.1, 0.15) is 11.3 Å². The molecule has 98 valence electrons. The molecule has 0 aliphatic carbocycles. The molecule has 1 N–H and O–H groups in total. The lowest BCUT2D eigenvalue weighted by Crippen LogP contribution is -2.02. The van der Waals surface area contributed by atoms with Gasteiger partial charge in [-0.3, -0.25) is 9.20 Å². The van der Waals surface area contributed by atoms with Crippen LogP contribution in [0.2, 0.25) is 0 Å². The topological polar surface area (TPSA) is 78.4 Å². The molecular formula is C14H9N3O2S. The predicted molar refractivity (Wildman–Crippen MR) is 74.6 cm³/mol. The van der Waals surface area contributed by atoms with Crippen molar-refractivity contribution in [1.29, 1.82) is 5.26 Å². The lowest BCUT2D eigenvalue weighted by atomic mass is 10.1. The second-order valence-electron chi connectivity index (χ2n) is 4.27. The molecule has 0 atom stereocenters. The fraction of sp³-hybridized carbons (Fsp3) is 0.0714. The Balaban J connectivity index is 2.07. The Kier molecular flexibility index (Phi) is 2.97. The molecule has 2 aromatic heterocycles. The van der Waals surface area contributed by atoms with E-state index in [1.165, 1.54) is 11.3 Å². The number of carboxylic acid groups (broad SMARTS) is 1. The number of carbonyl (C=O) groups is 1. The number of carboxylic acids is 1. The quantitative estimate of drug-likeness (QED) is 0.801. The van der Waals surface area contributed by atoms with Gasteiger partial charge in [0, 0.05) is 22.8 Å². The number of hydrogen-bond donors (Lipinski definition) is 1. The van der Waals surface area contributed by atoms with E-state index in [2.05, 4.69) is 11.1 Å². The Hall–Kier alpha value is -2.65. The van der Waals surface area contributed by atoms with E-state index in [4.69, 9.17) is 10.4 Å². The maximum absolute atomic E-state index is 10.8. The third kappa shape index (κ3) is 2.15. The molecule has 3 aromatic rings. The van der Waals surface area contributed by atoms with Crippen molar-refractivity contribution in [1.82, 2.24) is 9.38 Å². The summed E-state index contributed by atoms with van der Waals surface area (Å²) in [6, 6.07) is 9.28. The Bertz CT molecular complexity index is 842. The molecule has 0 bridgehead atoms. The average Bonchev–Trinajstić information content (AvgIpc) is 3.00. The van der Waals surface area contributed by atoms with E-state index in [0.717, 1.165) is 16.2 Å². The van der Waals surface area contributed by atoms with E-state index in [-0.39, 0.29) is 6.42 Å². The number of aromatic nitrogens is 2. The highest BCUT2D eigenvalue weighted by Gasteiger charge is 2.12. The third-order valence-electron chi connectivity index (χ3n) is 2.90. The zero-order valence-corrected chi connectivity index (χ0v) is 11.1. The fourth-order valence-corrected chi connectivity index (χ4v) is 2.87. The van der Waals surface area contributed by atoms with Crippen LogP contribution in [0.25, 0.3) is 16.2 Å². The number of aliphatic carboxylic acids is 1. The molecule has 6 heteroatoms. The number of nitrogens with zero attached hydrogens (tertiary/aromatic N) is 3. The minimum atomic E-state index is -0.869. The molecule has 0 radical (unpaired) electrons. The van der Waals surface area contributed by atoms with Crippen LogP contribution < -0.4 is 0 Å². The number of rotatable bonds is 3. The molecule has 2 heterocycles. The normalized spacial score (nSPS) is 10.6. The van der Waals surface area contributed by atoms with Gasteiger partial charge in [-0.05, 0) is 12.1 Å². The molecule has 3 rings (SSSR count). The summed E-state index contributed by atoms with van der Waals surface area (Å²) in [5.41, 5.74) is 2.86. The molecule has 0 aliphatic heterocycles. The summed E-state index contributed by atoms with van der Waals surface area (Å²) in [6.07, 6.45) is 1.77. The number of fused-ring (bicyclic) bond motifs is 1. The van der Waals surface area contributed by atoms with Crippen LogP contribution in [0.4, 0.5) is 0 Å². The first-order valence-electron chi connectivity index (χ1n) is 5.85. The van der Waals surface area contributed by atoms with Crippen LogP contribution in [0, 0.1) is 11.3 Å². The molecular weight excluding hydrogens is 274 g/mol. The second-order valence-corrected chi connectivity index (χ2v) is 5.11. The number of imidazole rings is 1. The molecule has 0 amide bonds. The van der Waals surface area contributed by atoms with Crippen LogP contribution in [0.5, 0.6) is 0 Å². The van der Waals surface area contributed by atoms with Crippen molar-refractivity contribution in [3.63, 3.8) is 0 Å². The van der Waals surface area contributed by atoms with Crippen molar-refractivity contribution in [2.75, 3.05) is 0 Å². The molecule has 0 saturated carbocycles. The van der Waals surface area contributed by atoms with Crippen LogP contribution in [-0.4, -0.2) is 20.5 Å². The van der Waals surface area contributed by atoms with Crippen LogP contribution in [0.3, 0.4) is 0 Å². The average molecular weight is 283 g/mol. The number of thiazole rings is 1. The van der Waals surface area contributed by atoms with Gasteiger partial charge in [0.15, 0.2) is 4.96 Å². The summed E-state index contributed by atoms with van der Waals surface area (Å²) in [7, 11) is 0. The molecule has 0 saturated heterocycles. The van der Waals surface area contributed by atoms with Gasteiger partial charge in [-0.25, -0.2) is 4.98 Å². The van der Waals surface area contributed by atoms with Gasteiger partial charge in [0.2, 0.25) is 0 Å². The maximum Gasteiger partial charge on any atom is 0.309 e. The largest absolute Gasteiger partial charge is 0.481 e. The molecule has 5 nitrogen and oxygen atoms in total. The van der Waals surface area contributed by atoms with E-state index in [1.54, 1.807) is 34.2 Å². The van der Waals surface area contributed by atoms with Crippen molar-refractivity contribution >= 4 is 22.3 Å². The van der Waals surface area contributed by atoms with Crippen LogP contribution in [-0.2, 0) is 11.2 Å². The summed E-state index contributed by atoms with van der Waals surface area (Å²) in [5, 5.41) is 19.6. The molecule has 1 aromatic carbocycles. The van der Waals surface area contributed by atoms with Crippen molar-refractivity contribution in [2.45, 2.75) is 6.42 Å². The van der Waals surface area contributed by atoms with E-state index < -0.39 is 5.97 Å². The fourth-order valence-electron chi connectivity index (χ4n) is 2.00. The van der Waals surface area contributed by atoms with Gasteiger partial charge in [0.25, 0.3) is 0 Å². The monoisotopic (exact) mass is 283 g/mol. The Morgan fingerprint density at radius 3 is 3.10 bits per heavy atom. The molecule has 0 aliphatic rings. The van der Waals surface area contributed by atoms with Gasteiger partial charge in [-0.15, -0.1) is 11.3 Å². The minimum Gasteiger partial charge on any atom is -0.481 e. The first-order valence-corrected chi connectivity index (χ1v) is 6.73. The van der Waals surface area contributed by atoms with Gasteiger partial charge < -0.3 is 5.11 Å². The van der Waals surface area contributed by atoms with E-state index in [1.807, 2.05) is 6.07 Å². The minimum absolute atomic E-state index is 0.0337. The SMILES string of the molecule is N#Cc1cccc(-c2cn3c(CC(=O)O)csc3n2)c1. The Morgan fingerprint density at radius 2 is 2.35 bits per heavy atom. The second kappa shape index (κ2) is 4.79. The first kappa shape index (κ1) is 12.4. The predicted octanol–water partition coefficient (Wildman–Crippen LogP) is 2.56. The van der Waals surface area contributed by atoms with Crippen molar-refractivity contribution in [3.05, 3.63) is 47.1 Å². The van der Waals surface area contributed by atoms with Gasteiger partial charge in [-0.1, -0.05) is 12.1 Å². The standard InChI is InChI=1S/C14H9N3O2S/c15-6-9-2-1-3-10(4-9)12-7-17-11(5-13(18)19)8-20-14(17)16-12/h1-4,7-8H,5H2,(H,18,19). The van der Waals surface area contributed by atoms with Crippen molar-refractivity contribution in [2.24, 2.45) is 0 Å². The highest BCUT2D eigenvalue weighted by atomic mass is 32.1. The lowest BCUT2D eigenvalue weighted by Gasteiger charge is -1.96.